The first kappa shape index (κ1) is 16.5. The van der Waals surface area contributed by atoms with E-state index in [2.05, 4.69) is 4.90 Å². The molecule has 1 spiro atoms. The van der Waals surface area contributed by atoms with E-state index in [1.165, 1.54) is 19.3 Å². The zero-order chi connectivity index (χ0) is 16.3. The van der Waals surface area contributed by atoms with E-state index in [4.69, 9.17) is 9.15 Å². The number of hydrogen-bond donors (Lipinski definition) is 0. The summed E-state index contributed by atoms with van der Waals surface area (Å²) in [6.07, 6.45) is 5.81. The highest BCUT2D eigenvalue weighted by molar-refractivity contribution is 5.91. The quantitative estimate of drug-likeness (QED) is 0.856. The Balaban J connectivity index is 1.65. The molecule has 1 unspecified atom stereocenters. The number of carbonyl (C=O) groups excluding carboxylic acids is 1. The van der Waals surface area contributed by atoms with Crippen molar-refractivity contribution in [3.8, 4) is 0 Å². The van der Waals surface area contributed by atoms with Crippen molar-refractivity contribution in [3.63, 3.8) is 0 Å². The molecule has 2 fully saturated rings. The number of likely N-dealkylation sites (tertiary alicyclic amines) is 2. The van der Waals surface area contributed by atoms with Gasteiger partial charge in [-0.25, -0.2) is 0 Å². The number of hydrogen-bond acceptors (Lipinski definition) is 4. The van der Waals surface area contributed by atoms with E-state index in [0.29, 0.717) is 5.76 Å². The summed E-state index contributed by atoms with van der Waals surface area (Å²) in [5, 5.41) is 0. The molecule has 3 rings (SSSR count). The van der Waals surface area contributed by atoms with Gasteiger partial charge in [-0.2, -0.15) is 0 Å². The largest absolute Gasteiger partial charge is 0.456 e. The number of ether oxygens (including phenoxy) is 1. The van der Waals surface area contributed by atoms with Crippen molar-refractivity contribution in [2.45, 2.75) is 44.6 Å². The lowest BCUT2D eigenvalue weighted by atomic mass is 9.88. The van der Waals surface area contributed by atoms with Crippen molar-refractivity contribution in [1.29, 1.82) is 0 Å². The summed E-state index contributed by atoms with van der Waals surface area (Å²) in [5.41, 5.74) is 0.270. The maximum atomic E-state index is 12.6. The number of carbonyl (C=O) groups is 1. The first-order valence-electron chi connectivity index (χ1n) is 8.74. The summed E-state index contributed by atoms with van der Waals surface area (Å²) >= 11 is 0. The summed E-state index contributed by atoms with van der Waals surface area (Å²) in [6, 6.07) is 3.65. The predicted molar refractivity (Wildman–Crippen MR) is 88.6 cm³/mol. The second-order valence-corrected chi connectivity index (χ2v) is 6.86. The lowest BCUT2D eigenvalue weighted by molar-refractivity contribution is 0.0674. The van der Waals surface area contributed by atoms with Crippen LogP contribution in [0.2, 0.25) is 0 Å². The lowest BCUT2D eigenvalue weighted by Crippen LogP contribution is -2.46. The third-order valence-corrected chi connectivity index (χ3v) is 5.46. The molecule has 5 nitrogen and oxygen atoms in total. The number of methoxy groups -OCH3 is 1. The second-order valence-electron chi connectivity index (χ2n) is 6.86. The van der Waals surface area contributed by atoms with E-state index in [9.17, 15) is 4.79 Å². The molecule has 0 radical (unpaired) electrons. The van der Waals surface area contributed by atoms with E-state index < -0.39 is 0 Å². The van der Waals surface area contributed by atoms with Gasteiger partial charge in [-0.05, 0) is 57.7 Å². The van der Waals surface area contributed by atoms with E-state index >= 15 is 0 Å². The Hall–Kier alpha value is -1.33. The third-order valence-electron chi connectivity index (χ3n) is 5.46. The van der Waals surface area contributed by atoms with Crippen LogP contribution in [0, 0.1) is 6.92 Å². The topological polar surface area (TPSA) is 45.9 Å². The third kappa shape index (κ3) is 3.45. The maximum Gasteiger partial charge on any atom is 0.289 e. The normalized spacial score (nSPS) is 25.9. The fourth-order valence-corrected chi connectivity index (χ4v) is 4.20. The van der Waals surface area contributed by atoms with E-state index in [1.54, 1.807) is 13.2 Å². The van der Waals surface area contributed by atoms with Crippen LogP contribution >= 0.6 is 0 Å². The fraction of sp³-hybridized carbons (Fsp3) is 0.722. The second kappa shape index (κ2) is 7.05. The minimum atomic E-state index is 0.0385. The van der Waals surface area contributed by atoms with Crippen LogP contribution in [0.4, 0.5) is 0 Å². The SMILES string of the molecule is COCCN1CCCC12CCCN(C(=O)c1ccc(C)o1)CC2. The molecule has 2 saturated heterocycles. The van der Waals surface area contributed by atoms with Crippen LogP contribution in [0.5, 0.6) is 0 Å². The number of furan rings is 1. The van der Waals surface area contributed by atoms with Gasteiger partial charge in [0.2, 0.25) is 0 Å². The summed E-state index contributed by atoms with van der Waals surface area (Å²) in [5.74, 6) is 1.30. The van der Waals surface area contributed by atoms with Crippen LogP contribution in [-0.2, 0) is 4.74 Å². The lowest BCUT2D eigenvalue weighted by Gasteiger charge is -2.38. The molecule has 2 aliphatic rings. The van der Waals surface area contributed by atoms with Crippen molar-refractivity contribution in [2.75, 3.05) is 39.9 Å². The van der Waals surface area contributed by atoms with Crippen molar-refractivity contribution in [1.82, 2.24) is 9.80 Å². The molecule has 128 valence electrons. The standard InChI is InChI=1S/C18H28N2O3/c1-15-5-6-16(23-15)17(21)19-10-3-7-18(9-12-19)8-4-11-20(18)13-14-22-2/h5-6H,3-4,7-14H2,1-2H3. The summed E-state index contributed by atoms with van der Waals surface area (Å²) in [4.78, 5) is 17.2. The molecule has 0 bridgehead atoms. The first-order chi connectivity index (χ1) is 11.1. The van der Waals surface area contributed by atoms with Crippen molar-refractivity contribution in [3.05, 3.63) is 23.7 Å². The van der Waals surface area contributed by atoms with Gasteiger partial charge in [-0.3, -0.25) is 9.69 Å². The van der Waals surface area contributed by atoms with Crippen molar-refractivity contribution < 1.29 is 13.9 Å². The molecule has 1 aromatic rings. The smallest absolute Gasteiger partial charge is 0.289 e. The molecule has 1 aromatic heterocycles. The molecular weight excluding hydrogens is 292 g/mol. The molecule has 2 aliphatic heterocycles. The number of amides is 1. The molecule has 5 heteroatoms. The van der Waals surface area contributed by atoms with Crippen LogP contribution in [0.15, 0.2) is 16.5 Å². The Morgan fingerprint density at radius 1 is 1.22 bits per heavy atom. The molecule has 23 heavy (non-hydrogen) atoms. The Morgan fingerprint density at radius 2 is 2.00 bits per heavy atom. The van der Waals surface area contributed by atoms with Gasteiger partial charge in [-0.15, -0.1) is 0 Å². The Bertz CT molecular complexity index is 542. The van der Waals surface area contributed by atoms with E-state index in [1.807, 2.05) is 17.9 Å². The highest BCUT2D eigenvalue weighted by Crippen LogP contribution is 2.38. The number of rotatable bonds is 4. The molecule has 0 N–H and O–H groups in total. The zero-order valence-corrected chi connectivity index (χ0v) is 14.3. The molecule has 1 atom stereocenters. The van der Waals surface area contributed by atoms with Crippen LogP contribution in [-0.4, -0.2) is 61.1 Å². The highest BCUT2D eigenvalue weighted by atomic mass is 16.5. The Labute approximate surface area is 138 Å². The van der Waals surface area contributed by atoms with Gasteiger partial charge in [0.15, 0.2) is 5.76 Å². The maximum absolute atomic E-state index is 12.6. The molecular formula is C18H28N2O3. The fourth-order valence-electron chi connectivity index (χ4n) is 4.20. The van der Waals surface area contributed by atoms with Gasteiger partial charge in [0.1, 0.15) is 5.76 Å². The minimum absolute atomic E-state index is 0.0385. The van der Waals surface area contributed by atoms with Gasteiger partial charge >= 0.3 is 0 Å². The van der Waals surface area contributed by atoms with E-state index in [0.717, 1.165) is 51.4 Å². The molecule has 0 aliphatic carbocycles. The van der Waals surface area contributed by atoms with Gasteiger partial charge in [0.05, 0.1) is 6.61 Å². The van der Waals surface area contributed by atoms with Gasteiger partial charge in [0, 0.05) is 32.3 Å². The number of nitrogens with zero attached hydrogens (tertiary/aromatic N) is 2. The monoisotopic (exact) mass is 320 g/mol. The Kier molecular flexibility index (Phi) is 5.07. The van der Waals surface area contributed by atoms with Crippen LogP contribution in [0.1, 0.15) is 48.4 Å². The van der Waals surface area contributed by atoms with Crippen LogP contribution in [0.3, 0.4) is 0 Å². The van der Waals surface area contributed by atoms with E-state index in [-0.39, 0.29) is 11.4 Å². The first-order valence-corrected chi connectivity index (χ1v) is 8.74. The molecule has 3 heterocycles. The summed E-state index contributed by atoms with van der Waals surface area (Å²) in [7, 11) is 1.77. The van der Waals surface area contributed by atoms with Gasteiger partial charge < -0.3 is 14.1 Å². The number of aryl methyl sites for hydroxylation is 1. The molecule has 1 amide bonds. The molecule has 0 aromatic carbocycles. The van der Waals surface area contributed by atoms with Gasteiger partial charge in [0.25, 0.3) is 5.91 Å². The molecule has 0 saturated carbocycles. The zero-order valence-electron chi connectivity index (χ0n) is 14.3. The summed E-state index contributed by atoms with van der Waals surface area (Å²) in [6.45, 7) is 6.48. The highest BCUT2D eigenvalue weighted by Gasteiger charge is 2.41. The van der Waals surface area contributed by atoms with Crippen molar-refractivity contribution >= 4 is 5.91 Å². The van der Waals surface area contributed by atoms with Gasteiger partial charge in [-0.1, -0.05) is 0 Å². The average Bonchev–Trinajstić information content (AvgIpc) is 3.07. The van der Waals surface area contributed by atoms with Crippen LogP contribution in [0.25, 0.3) is 0 Å². The van der Waals surface area contributed by atoms with Crippen LogP contribution < -0.4 is 0 Å². The summed E-state index contributed by atoms with van der Waals surface area (Å²) < 4.78 is 10.8. The average molecular weight is 320 g/mol. The van der Waals surface area contributed by atoms with Crippen molar-refractivity contribution in [2.24, 2.45) is 0 Å². The predicted octanol–water partition coefficient (Wildman–Crippen LogP) is 2.70. The minimum Gasteiger partial charge on any atom is -0.456 e. The Morgan fingerprint density at radius 3 is 2.70 bits per heavy atom.